The Bertz CT molecular complexity index is 574. The molecular weight excluding hydrogens is 278 g/mol. The first-order valence-electron chi connectivity index (χ1n) is 6.66. The van der Waals surface area contributed by atoms with Crippen molar-refractivity contribution in [3.8, 4) is 11.5 Å². The molecule has 7 nitrogen and oxygen atoms in total. The van der Waals surface area contributed by atoms with Crippen molar-refractivity contribution in [1.82, 2.24) is 4.90 Å². The van der Waals surface area contributed by atoms with Gasteiger partial charge in [0, 0.05) is 13.0 Å². The fourth-order valence-electron chi connectivity index (χ4n) is 2.62. The third kappa shape index (κ3) is 2.52. The van der Waals surface area contributed by atoms with E-state index in [1.165, 1.54) is 0 Å². The van der Waals surface area contributed by atoms with Crippen LogP contribution in [0.3, 0.4) is 0 Å². The van der Waals surface area contributed by atoms with Gasteiger partial charge in [-0.1, -0.05) is 12.1 Å². The molecule has 2 aliphatic heterocycles. The van der Waals surface area contributed by atoms with E-state index >= 15 is 0 Å². The van der Waals surface area contributed by atoms with Gasteiger partial charge in [-0.2, -0.15) is 0 Å². The van der Waals surface area contributed by atoms with Gasteiger partial charge in [-0.25, -0.2) is 4.79 Å². The molecule has 21 heavy (non-hydrogen) atoms. The second kappa shape index (κ2) is 5.25. The highest BCUT2D eigenvalue weighted by molar-refractivity contribution is 5.87. The number of nitrogens with zero attached hydrogens (tertiary/aromatic N) is 1. The summed E-state index contributed by atoms with van der Waals surface area (Å²) < 4.78 is 11.0. The van der Waals surface area contributed by atoms with Crippen LogP contribution in [0.5, 0.6) is 11.5 Å². The number of aliphatic hydroxyl groups is 1. The monoisotopic (exact) mass is 293 g/mol. The number of carbonyl (C=O) groups excluding carboxylic acids is 1. The Kier molecular flexibility index (Phi) is 3.42. The van der Waals surface area contributed by atoms with Gasteiger partial charge in [0.25, 0.3) is 5.91 Å². The largest absolute Gasteiger partial charge is 0.485 e. The lowest BCUT2D eigenvalue weighted by atomic mass is 10.2. The first kappa shape index (κ1) is 13.7. The summed E-state index contributed by atoms with van der Waals surface area (Å²) in [6, 6.07) is 5.95. The van der Waals surface area contributed by atoms with E-state index in [-0.39, 0.29) is 19.6 Å². The van der Waals surface area contributed by atoms with Crippen LogP contribution in [-0.2, 0) is 9.59 Å². The fraction of sp³-hybridized carbons (Fsp3) is 0.429. The summed E-state index contributed by atoms with van der Waals surface area (Å²) in [6.45, 7) is 0.0199. The van der Waals surface area contributed by atoms with Gasteiger partial charge < -0.3 is 24.6 Å². The van der Waals surface area contributed by atoms with Crippen LogP contribution in [0.15, 0.2) is 24.3 Å². The lowest BCUT2D eigenvalue weighted by Gasteiger charge is -2.30. The molecule has 1 saturated heterocycles. The van der Waals surface area contributed by atoms with Crippen LogP contribution in [0.4, 0.5) is 0 Å². The number of carbonyl (C=O) groups is 2. The number of fused-ring (bicyclic) bond motifs is 1. The van der Waals surface area contributed by atoms with Crippen molar-refractivity contribution in [1.29, 1.82) is 0 Å². The summed E-state index contributed by atoms with van der Waals surface area (Å²) in [6.07, 6.45) is -1.69. The number of rotatable bonds is 2. The van der Waals surface area contributed by atoms with E-state index < -0.39 is 30.1 Å². The summed E-state index contributed by atoms with van der Waals surface area (Å²) >= 11 is 0. The summed E-state index contributed by atoms with van der Waals surface area (Å²) in [4.78, 5) is 24.7. The van der Waals surface area contributed by atoms with E-state index in [0.717, 1.165) is 4.90 Å². The molecule has 112 valence electrons. The molecule has 0 radical (unpaired) electrons. The van der Waals surface area contributed by atoms with Crippen molar-refractivity contribution in [2.45, 2.75) is 24.7 Å². The van der Waals surface area contributed by atoms with E-state index in [9.17, 15) is 14.7 Å². The fourth-order valence-corrected chi connectivity index (χ4v) is 2.62. The number of likely N-dealkylation sites (tertiary alicyclic amines) is 1. The Morgan fingerprint density at radius 2 is 1.95 bits per heavy atom. The maximum absolute atomic E-state index is 12.4. The quantitative estimate of drug-likeness (QED) is 0.788. The first-order valence-corrected chi connectivity index (χ1v) is 6.66. The number of ether oxygens (including phenoxy) is 2. The molecule has 1 aromatic rings. The second-order valence-corrected chi connectivity index (χ2v) is 5.10. The van der Waals surface area contributed by atoms with E-state index in [4.69, 9.17) is 14.6 Å². The van der Waals surface area contributed by atoms with Crippen LogP contribution in [0.1, 0.15) is 6.42 Å². The SMILES string of the molecule is O=C(O)C1CC(O)CN1C(=O)C1COc2ccccc2O1. The molecule has 0 aliphatic carbocycles. The van der Waals surface area contributed by atoms with Gasteiger partial charge >= 0.3 is 5.97 Å². The molecule has 2 N–H and O–H groups in total. The molecule has 0 spiro atoms. The number of aliphatic carboxylic acids is 1. The number of β-amino-alcohol motifs (C(OH)–C–C–N with tert-alkyl or cyclic N) is 1. The maximum atomic E-state index is 12.4. The Morgan fingerprint density at radius 3 is 2.67 bits per heavy atom. The van der Waals surface area contributed by atoms with Gasteiger partial charge in [-0.05, 0) is 12.1 Å². The molecule has 3 unspecified atom stereocenters. The average molecular weight is 293 g/mol. The molecular formula is C14H15NO6. The third-order valence-electron chi connectivity index (χ3n) is 3.63. The van der Waals surface area contributed by atoms with Crippen LogP contribution < -0.4 is 9.47 Å². The molecule has 0 saturated carbocycles. The topological polar surface area (TPSA) is 96.3 Å². The van der Waals surface area contributed by atoms with Gasteiger partial charge in [0.1, 0.15) is 12.6 Å². The highest BCUT2D eigenvalue weighted by Crippen LogP contribution is 2.32. The minimum Gasteiger partial charge on any atom is -0.485 e. The van der Waals surface area contributed by atoms with Crippen molar-refractivity contribution in [3.63, 3.8) is 0 Å². The van der Waals surface area contributed by atoms with Crippen LogP contribution >= 0.6 is 0 Å². The highest BCUT2D eigenvalue weighted by atomic mass is 16.6. The summed E-state index contributed by atoms with van der Waals surface area (Å²) in [5.41, 5.74) is 0. The van der Waals surface area contributed by atoms with E-state index in [1.807, 2.05) is 0 Å². The second-order valence-electron chi connectivity index (χ2n) is 5.10. The number of aliphatic hydroxyl groups excluding tert-OH is 1. The molecule has 0 aromatic heterocycles. The van der Waals surface area contributed by atoms with E-state index in [2.05, 4.69) is 0 Å². The number of amides is 1. The predicted molar refractivity (Wildman–Crippen MR) is 70.1 cm³/mol. The van der Waals surface area contributed by atoms with Crippen molar-refractivity contribution >= 4 is 11.9 Å². The summed E-state index contributed by atoms with van der Waals surface area (Å²) in [5.74, 6) is -0.600. The summed E-state index contributed by atoms with van der Waals surface area (Å²) in [7, 11) is 0. The predicted octanol–water partition coefficient (Wildman–Crippen LogP) is -0.127. The molecule has 2 aliphatic rings. The van der Waals surface area contributed by atoms with Crippen molar-refractivity contribution in [3.05, 3.63) is 24.3 Å². The van der Waals surface area contributed by atoms with Crippen LogP contribution in [0, 0.1) is 0 Å². The Hall–Kier alpha value is -2.28. The number of carboxylic acids is 1. The van der Waals surface area contributed by atoms with Crippen LogP contribution in [-0.4, -0.2) is 58.4 Å². The number of para-hydroxylation sites is 2. The Labute approximate surface area is 120 Å². The molecule has 0 bridgehead atoms. The standard InChI is InChI=1S/C14H15NO6/c16-8-5-9(14(18)19)15(6-8)13(17)12-7-20-10-3-1-2-4-11(10)21-12/h1-4,8-9,12,16H,5-7H2,(H,18,19). The molecule has 1 aromatic carbocycles. The smallest absolute Gasteiger partial charge is 0.326 e. The van der Waals surface area contributed by atoms with Crippen molar-refractivity contribution in [2.24, 2.45) is 0 Å². The van der Waals surface area contributed by atoms with E-state index in [0.29, 0.717) is 11.5 Å². The third-order valence-corrected chi connectivity index (χ3v) is 3.63. The lowest BCUT2D eigenvalue weighted by molar-refractivity contribution is -0.152. The van der Waals surface area contributed by atoms with Gasteiger partial charge in [0.2, 0.25) is 6.10 Å². The maximum Gasteiger partial charge on any atom is 0.326 e. The van der Waals surface area contributed by atoms with Crippen molar-refractivity contribution < 1.29 is 29.3 Å². The highest BCUT2D eigenvalue weighted by Gasteiger charge is 2.42. The zero-order valence-corrected chi connectivity index (χ0v) is 11.1. The van der Waals surface area contributed by atoms with Gasteiger partial charge in [0.05, 0.1) is 6.10 Å². The zero-order chi connectivity index (χ0) is 15.0. The van der Waals surface area contributed by atoms with Gasteiger partial charge in [0.15, 0.2) is 11.5 Å². The summed E-state index contributed by atoms with van der Waals surface area (Å²) in [5, 5.41) is 18.7. The van der Waals surface area contributed by atoms with Crippen molar-refractivity contribution in [2.75, 3.05) is 13.2 Å². The number of hydrogen-bond donors (Lipinski definition) is 2. The molecule has 3 rings (SSSR count). The minimum atomic E-state index is -1.13. The number of benzene rings is 1. The molecule has 1 fully saturated rings. The van der Waals surface area contributed by atoms with E-state index in [1.54, 1.807) is 24.3 Å². The number of hydrogen-bond acceptors (Lipinski definition) is 5. The molecule has 1 amide bonds. The Balaban J connectivity index is 1.76. The normalized spacial score (nSPS) is 27.5. The molecule has 7 heteroatoms. The number of carboxylic acid groups (broad SMARTS) is 1. The minimum absolute atomic E-state index is 0.00267. The Morgan fingerprint density at radius 1 is 1.24 bits per heavy atom. The lowest BCUT2D eigenvalue weighted by Crippen LogP contribution is -2.50. The molecule has 2 heterocycles. The van der Waals surface area contributed by atoms with Gasteiger partial charge in [-0.15, -0.1) is 0 Å². The average Bonchev–Trinajstić information content (AvgIpc) is 2.88. The van der Waals surface area contributed by atoms with Gasteiger partial charge in [-0.3, -0.25) is 4.79 Å². The van der Waals surface area contributed by atoms with Crippen LogP contribution in [0.25, 0.3) is 0 Å². The molecule has 3 atom stereocenters. The zero-order valence-electron chi connectivity index (χ0n) is 11.1. The van der Waals surface area contributed by atoms with Crippen LogP contribution in [0.2, 0.25) is 0 Å². The first-order chi connectivity index (χ1) is 10.1.